The Bertz CT molecular complexity index is 4190. The Labute approximate surface area is 368 Å². The third-order valence-electron chi connectivity index (χ3n) is 13.7. The van der Waals surface area contributed by atoms with Crippen LogP contribution in [0, 0.1) is 0 Å². The summed E-state index contributed by atoms with van der Waals surface area (Å²) in [7, 11) is 0. The molecule has 0 unspecified atom stereocenters. The van der Waals surface area contributed by atoms with Gasteiger partial charge in [-0.2, -0.15) is 0 Å². The topological polar surface area (TPSA) is 16.4 Å². The van der Waals surface area contributed by atoms with E-state index < -0.39 is 0 Å². The average Bonchev–Trinajstić information content (AvgIpc) is 3.73. The summed E-state index contributed by atoms with van der Waals surface area (Å²) in [6.07, 6.45) is 0. The maximum atomic E-state index is 6.60. The molecular formula is C62H37NO. The minimum atomic E-state index is 0.899. The predicted octanol–water partition coefficient (Wildman–Crippen LogP) is 17.9. The lowest BCUT2D eigenvalue weighted by atomic mass is 9.88. The quantitative estimate of drug-likeness (QED) is 0.161. The van der Waals surface area contributed by atoms with Crippen LogP contribution in [0.3, 0.4) is 0 Å². The van der Waals surface area contributed by atoms with E-state index in [2.05, 4.69) is 229 Å². The van der Waals surface area contributed by atoms with E-state index in [1.807, 2.05) is 0 Å². The van der Waals surface area contributed by atoms with Gasteiger partial charge in [0.05, 0.1) is 11.4 Å². The molecule has 14 rings (SSSR count). The highest BCUT2D eigenvalue weighted by Crippen LogP contribution is 2.47. The van der Waals surface area contributed by atoms with E-state index in [0.29, 0.717) is 0 Å². The first-order valence-corrected chi connectivity index (χ1v) is 22.1. The average molecular weight is 812 g/mol. The van der Waals surface area contributed by atoms with Gasteiger partial charge in [0.1, 0.15) is 11.2 Å². The van der Waals surface area contributed by atoms with Crippen LogP contribution in [0.5, 0.6) is 0 Å². The van der Waals surface area contributed by atoms with Crippen LogP contribution in [0.4, 0.5) is 17.1 Å². The summed E-state index contributed by atoms with van der Waals surface area (Å²) in [5, 5.41) is 19.8. The predicted molar refractivity (Wildman–Crippen MR) is 273 cm³/mol. The summed E-state index contributed by atoms with van der Waals surface area (Å²) >= 11 is 0. The van der Waals surface area contributed by atoms with Crippen molar-refractivity contribution in [2.45, 2.75) is 0 Å². The molecule has 0 radical (unpaired) electrons. The molecule has 0 amide bonds. The maximum absolute atomic E-state index is 6.60. The number of nitrogens with zero attached hydrogens (tertiary/aromatic N) is 1. The zero-order valence-electron chi connectivity index (χ0n) is 34.7. The van der Waals surface area contributed by atoms with Gasteiger partial charge in [-0.1, -0.05) is 170 Å². The van der Waals surface area contributed by atoms with Crippen molar-refractivity contribution >= 4 is 114 Å². The van der Waals surface area contributed by atoms with Gasteiger partial charge in [-0.05, 0) is 141 Å². The number of furan rings is 1. The summed E-state index contributed by atoms with van der Waals surface area (Å²) in [5.74, 6) is 0. The summed E-state index contributed by atoms with van der Waals surface area (Å²) in [4.78, 5) is 2.44. The van der Waals surface area contributed by atoms with Gasteiger partial charge in [0.2, 0.25) is 0 Å². The van der Waals surface area contributed by atoms with Crippen molar-refractivity contribution < 1.29 is 4.42 Å². The number of hydrogen-bond acceptors (Lipinski definition) is 2. The molecule has 1 heterocycles. The van der Waals surface area contributed by atoms with Crippen molar-refractivity contribution in [3.8, 4) is 22.3 Å². The molecule has 0 spiro atoms. The van der Waals surface area contributed by atoms with E-state index in [-0.39, 0.29) is 0 Å². The minimum absolute atomic E-state index is 0.899. The van der Waals surface area contributed by atoms with Crippen LogP contribution < -0.4 is 4.90 Å². The van der Waals surface area contributed by atoms with E-state index in [1.54, 1.807) is 0 Å². The lowest BCUT2D eigenvalue weighted by Gasteiger charge is -2.29. The Morgan fingerprint density at radius 1 is 0.266 bits per heavy atom. The third-order valence-corrected chi connectivity index (χ3v) is 13.7. The fourth-order valence-corrected chi connectivity index (χ4v) is 10.8. The minimum Gasteiger partial charge on any atom is -0.456 e. The molecule has 0 bridgehead atoms. The zero-order chi connectivity index (χ0) is 41.9. The molecule has 64 heavy (non-hydrogen) atoms. The van der Waals surface area contributed by atoms with Crippen LogP contribution in [0.2, 0.25) is 0 Å². The van der Waals surface area contributed by atoms with Gasteiger partial charge in [0, 0.05) is 27.2 Å². The molecule has 0 aliphatic carbocycles. The molecule has 0 aliphatic heterocycles. The highest BCUT2D eigenvalue weighted by Gasteiger charge is 2.21. The van der Waals surface area contributed by atoms with E-state index in [0.717, 1.165) is 44.6 Å². The van der Waals surface area contributed by atoms with Crippen molar-refractivity contribution in [1.82, 2.24) is 0 Å². The molecule has 14 aromatic rings. The Hall–Kier alpha value is -8.46. The molecule has 13 aromatic carbocycles. The summed E-state index contributed by atoms with van der Waals surface area (Å²) in [6.45, 7) is 0. The van der Waals surface area contributed by atoms with Crippen LogP contribution in [-0.4, -0.2) is 0 Å². The molecule has 0 fully saturated rings. The molecule has 0 saturated heterocycles. The van der Waals surface area contributed by atoms with E-state index in [4.69, 9.17) is 4.42 Å². The van der Waals surface area contributed by atoms with E-state index >= 15 is 0 Å². The molecule has 2 nitrogen and oxygen atoms in total. The molecule has 0 N–H and O–H groups in total. The number of rotatable bonds is 5. The summed E-state index contributed by atoms with van der Waals surface area (Å²) < 4.78 is 6.60. The van der Waals surface area contributed by atoms with Crippen LogP contribution in [0.25, 0.3) is 120 Å². The van der Waals surface area contributed by atoms with E-state index in [9.17, 15) is 0 Å². The molecular weight excluding hydrogens is 775 g/mol. The fraction of sp³-hybridized carbons (Fsp3) is 0. The Morgan fingerprint density at radius 2 is 0.828 bits per heavy atom. The highest BCUT2D eigenvalue weighted by atomic mass is 16.3. The highest BCUT2D eigenvalue weighted by molar-refractivity contribution is 6.29. The van der Waals surface area contributed by atoms with Crippen molar-refractivity contribution in [3.63, 3.8) is 0 Å². The van der Waals surface area contributed by atoms with Crippen molar-refractivity contribution in [3.05, 3.63) is 224 Å². The second-order valence-electron chi connectivity index (χ2n) is 17.2. The van der Waals surface area contributed by atoms with Gasteiger partial charge in [-0.15, -0.1) is 0 Å². The normalized spacial score (nSPS) is 12.1. The molecule has 296 valence electrons. The van der Waals surface area contributed by atoms with Crippen molar-refractivity contribution in [1.29, 1.82) is 0 Å². The smallest absolute Gasteiger partial charge is 0.136 e. The second kappa shape index (κ2) is 13.5. The van der Waals surface area contributed by atoms with Gasteiger partial charge < -0.3 is 9.32 Å². The molecule has 0 aliphatic rings. The lowest BCUT2D eigenvalue weighted by Crippen LogP contribution is -2.11. The number of fused-ring (bicyclic) bond motifs is 10. The monoisotopic (exact) mass is 811 g/mol. The number of benzene rings is 13. The van der Waals surface area contributed by atoms with Gasteiger partial charge in [0.15, 0.2) is 0 Å². The first-order valence-electron chi connectivity index (χ1n) is 22.1. The maximum Gasteiger partial charge on any atom is 0.136 e. The van der Waals surface area contributed by atoms with Gasteiger partial charge in [-0.25, -0.2) is 0 Å². The summed E-state index contributed by atoms with van der Waals surface area (Å²) in [5.41, 5.74) is 10.0. The van der Waals surface area contributed by atoms with Gasteiger partial charge >= 0.3 is 0 Å². The van der Waals surface area contributed by atoms with Crippen molar-refractivity contribution in [2.24, 2.45) is 0 Å². The van der Waals surface area contributed by atoms with Crippen LogP contribution in [-0.2, 0) is 0 Å². The standard InChI is InChI=1S/C62H37NO/c1-2-16-44(17-3-1)63(57-23-11-13-38-12-4-5-18-46(38)57)58-32-27-40-25-30-51-45(29-24-39-26-31-52(58)62(40)61(39)51)43-15-10-14-41(34-43)42-28-33-59-55(35-42)56-36-53-49-21-8-6-19-47(49)48-20-7-9-22-50(48)54(53)37-60(56)64-59/h1-37H. The first kappa shape index (κ1) is 35.2. The van der Waals surface area contributed by atoms with Crippen LogP contribution in [0.1, 0.15) is 0 Å². The number of para-hydroxylation sites is 1. The molecule has 0 atom stereocenters. The second-order valence-corrected chi connectivity index (χ2v) is 17.2. The third kappa shape index (κ3) is 5.14. The molecule has 1 aromatic heterocycles. The lowest BCUT2D eigenvalue weighted by molar-refractivity contribution is 0.669. The van der Waals surface area contributed by atoms with Crippen molar-refractivity contribution in [2.75, 3.05) is 4.90 Å². The largest absolute Gasteiger partial charge is 0.456 e. The Balaban J connectivity index is 0.923. The molecule has 0 saturated carbocycles. The Morgan fingerprint density at radius 3 is 1.62 bits per heavy atom. The van der Waals surface area contributed by atoms with Gasteiger partial charge in [-0.3, -0.25) is 0 Å². The first-order chi connectivity index (χ1) is 31.7. The SMILES string of the molecule is c1ccc(N(c2cccc3ccccc23)c2ccc3ccc4c(-c5cccc(-c6ccc7oc8cc9c%10ccccc%10c%10ccccc%10c9cc8c7c6)c5)ccc5ccc2c3c54)cc1. The molecule has 2 heteroatoms. The van der Waals surface area contributed by atoms with E-state index in [1.165, 1.54) is 92.1 Å². The number of hydrogen-bond donors (Lipinski definition) is 0. The number of anilines is 3. The zero-order valence-corrected chi connectivity index (χ0v) is 34.7. The van der Waals surface area contributed by atoms with Crippen LogP contribution in [0.15, 0.2) is 229 Å². The summed E-state index contributed by atoms with van der Waals surface area (Å²) in [6, 6.07) is 82.3. The Kier molecular flexibility index (Phi) is 7.43. The van der Waals surface area contributed by atoms with Gasteiger partial charge in [0.25, 0.3) is 0 Å². The van der Waals surface area contributed by atoms with Crippen LogP contribution >= 0.6 is 0 Å². The fourth-order valence-electron chi connectivity index (χ4n) is 10.8.